The average Bonchev–Trinajstić information content (AvgIpc) is 2.96. The van der Waals surface area contributed by atoms with Crippen LogP contribution in [0.4, 0.5) is 0 Å². The summed E-state index contributed by atoms with van der Waals surface area (Å²) in [5.74, 6) is 4.30. The summed E-state index contributed by atoms with van der Waals surface area (Å²) in [5, 5.41) is 10.5. The van der Waals surface area contributed by atoms with Gasteiger partial charge in [0, 0.05) is 11.5 Å². The molecule has 0 fully saturated rings. The zero-order valence-electron chi connectivity index (χ0n) is 22.0. The van der Waals surface area contributed by atoms with Crippen LogP contribution in [-0.4, -0.2) is 10.7 Å². The molecule has 0 saturated carbocycles. The summed E-state index contributed by atoms with van der Waals surface area (Å²) >= 11 is 0. The van der Waals surface area contributed by atoms with Crippen LogP contribution in [0.15, 0.2) is 0 Å². The number of hydrogen-bond acceptors (Lipinski definition) is 2. The molecule has 2 nitrogen and oxygen atoms in total. The minimum atomic E-state index is -0.164. The predicted molar refractivity (Wildman–Crippen MR) is 134 cm³/mol. The van der Waals surface area contributed by atoms with Crippen molar-refractivity contribution in [3.8, 4) is 11.5 Å². The molecule has 0 spiro atoms. The van der Waals surface area contributed by atoms with E-state index >= 15 is 0 Å². The van der Waals surface area contributed by atoms with Gasteiger partial charge in [-0.15, -0.1) is 0 Å². The predicted octanol–water partition coefficient (Wildman–Crippen LogP) is 9.01. The van der Waals surface area contributed by atoms with E-state index in [0.717, 1.165) is 46.6 Å². The second-order valence-corrected chi connectivity index (χ2v) is 11.5. The van der Waals surface area contributed by atoms with Crippen LogP contribution in [0.1, 0.15) is 128 Å². The van der Waals surface area contributed by atoms with E-state index in [9.17, 15) is 5.11 Å². The third kappa shape index (κ3) is 6.42. The number of phenols is 1. The maximum absolute atomic E-state index is 10.5. The molecule has 2 rings (SSSR count). The molecular formula is C29H50O2. The van der Waals surface area contributed by atoms with Crippen molar-refractivity contribution in [2.75, 3.05) is 0 Å². The zero-order chi connectivity index (χ0) is 23.3. The lowest BCUT2D eigenvalue weighted by Crippen LogP contribution is -2.33. The molecule has 1 aromatic carbocycles. The molecular weight excluding hydrogens is 380 g/mol. The second-order valence-electron chi connectivity index (χ2n) is 11.5. The Bertz CT molecular complexity index is 720. The van der Waals surface area contributed by atoms with Crippen LogP contribution in [0.2, 0.25) is 0 Å². The molecule has 0 amide bonds. The van der Waals surface area contributed by atoms with E-state index in [1.165, 1.54) is 56.9 Å². The smallest absolute Gasteiger partial charge is 0.127 e. The van der Waals surface area contributed by atoms with Crippen LogP contribution in [0.25, 0.3) is 0 Å². The molecule has 31 heavy (non-hydrogen) atoms. The Morgan fingerprint density at radius 2 is 1.32 bits per heavy atom. The molecule has 0 radical (unpaired) electrons. The second kappa shape index (κ2) is 11.1. The van der Waals surface area contributed by atoms with Gasteiger partial charge in [0.15, 0.2) is 0 Å². The lowest BCUT2D eigenvalue weighted by Gasteiger charge is -2.29. The number of aromatic hydroxyl groups is 1. The quantitative estimate of drug-likeness (QED) is 0.358. The molecule has 1 aliphatic rings. The van der Waals surface area contributed by atoms with E-state index in [-0.39, 0.29) is 5.60 Å². The van der Waals surface area contributed by atoms with Gasteiger partial charge < -0.3 is 9.84 Å². The highest BCUT2D eigenvalue weighted by Gasteiger charge is 2.44. The summed E-state index contributed by atoms with van der Waals surface area (Å²) in [4.78, 5) is 0. The normalized spacial score (nSPS) is 22.5. The van der Waals surface area contributed by atoms with Gasteiger partial charge in [0.05, 0.1) is 0 Å². The van der Waals surface area contributed by atoms with Crippen molar-refractivity contribution < 1.29 is 9.84 Å². The lowest BCUT2D eigenvalue weighted by molar-refractivity contribution is 0.0786. The molecule has 2 heteroatoms. The lowest BCUT2D eigenvalue weighted by atomic mass is 9.80. The van der Waals surface area contributed by atoms with Crippen LogP contribution < -0.4 is 4.74 Å². The van der Waals surface area contributed by atoms with Crippen LogP contribution in [0.5, 0.6) is 11.5 Å². The highest BCUT2D eigenvalue weighted by molar-refractivity contribution is 5.61. The SMILES string of the molecule is Cc1c(C)c2c(c(C)c1O)[C@H](C)[C@@](C)(CCC[C@@H](C)CCC[C@@H](C)CCCC(C)C)O2. The Morgan fingerprint density at radius 1 is 0.806 bits per heavy atom. The molecule has 1 heterocycles. The van der Waals surface area contributed by atoms with Crippen molar-refractivity contribution in [3.63, 3.8) is 0 Å². The largest absolute Gasteiger partial charge is 0.507 e. The van der Waals surface area contributed by atoms with Crippen molar-refractivity contribution in [2.45, 2.75) is 132 Å². The first kappa shape index (κ1) is 26.1. The molecule has 0 aromatic heterocycles. The molecule has 0 saturated heterocycles. The van der Waals surface area contributed by atoms with Gasteiger partial charge in [-0.05, 0) is 75.0 Å². The third-order valence-electron chi connectivity index (χ3n) is 8.19. The molecule has 178 valence electrons. The van der Waals surface area contributed by atoms with Crippen molar-refractivity contribution >= 4 is 0 Å². The molecule has 4 atom stereocenters. The van der Waals surface area contributed by atoms with Gasteiger partial charge in [0.25, 0.3) is 0 Å². The van der Waals surface area contributed by atoms with E-state index < -0.39 is 0 Å². The van der Waals surface area contributed by atoms with Crippen molar-refractivity contribution in [1.29, 1.82) is 0 Å². The van der Waals surface area contributed by atoms with Gasteiger partial charge in [-0.3, -0.25) is 0 Å². The van der Waals surface area contributed by atoms with Crippen LogP contribution in [0, 0.1) is 38.5 Å². The fourth-order valence-corrected chi connectivity index (χ4v) is 5.46. The minimum Gasteiger partial charge on any atom is -0.507 e. The fourth-order valence-electron chi connectivity index (χ4n) is 5.46. The van der Waals surface area contributed by atoms with Gasteiger partial charge in [-0.25, -0.2) is 0 Å². The number of ether oxygens (including phenoxy) is 1. The molecule has 0 unspecified atom stereocenters. The highest BCUT2D eigenvalue weighted by Crippen LogP contribution is 2.52. The van der Waals surface area contributed by atoms with E-state index in [1.54, 1.807) is 0 Å². The van der Waals surface area contributed by atoms with Crippen molar-refractivity contribution in [2.24, 2.45) is 17.8 Å². The molecule has 0 aliphatic carbocycles. The molecule has 1 aliphatic heterocycles. The van der Waals surface area contributed by atoms with E-state index in [1.807, 2.05) is 13.8 Å². The van der Waals surface area contributed by atoms with Crippen molar-refractivity contribution in [1.82, 2.24) is 0 Å². The summed E-state index contributed by atoms with van der Waals surface area (Å²) in [6.07, 6.45) is 11.9. The fraction of sp³-hybridized carbons (Fsp3) is 0.793. The first-order valence-corrected chi connectivity index (χ1v) is 13.0. The average molecular weight is 431 g/mol. The number of fused-ring (bicyclic) bond motifs is 1. The van der Waals surface area contributed by atoms with E-state index in [4.69, 9.17) is 4.74 Å². The maximum atomic E-state index is 10.5. The molecule has 1 N–H and O–H groups in total. The topological polar surface area (TPSA) is 29.5 Å². The Balaban J connectivity index is 1.78. The zero-order valence-corrected chi connectivity index (χ0v) is 22.0. The minimum absolute atomic E-state index is 0.164. The number of hydrogen-bond donors (Lipinski definition) is 1. The van der Waals surface area contributed by atoms with Gasteiger partial charge in [0.1, 0.15) is 17.1 Å². The summed E-state index contributed by atoms with van der Waals surface area (Å²) in [5.41, 5.74) is 4.13. The maximum Gasteiger partial charge on any atom is 0.127 e. The third-order valence-corrected chi connectivity index (χ3v) is 8.19. The Labute approximate surface area is 193 Å². The first-order chi connectivity index (χ1) is 14.5. The highest BCUT2D eigenvalue weighted by atomic mass is 16.5. The van der Waals surface area contributed by atoms with Gasteiger partial charge in [0.2, 0.25) is 0 Å². The molecule has 0 bridgehead atoms. The van der Waals surface area contributed by atoms with Gasteiger partial charge in [-0.2, -0.15) is 0 Å². The molecule has 1 aromatic rings. The van der Waals surface area contributed by atoms with E-state index in [2.05, 4.69) is 48.5 Å². The first-order valence-electron chi connectivity index (χ1n) is 13.0. The van der Waals surface area contributed by atoms with Crippen LogP contribution >= 0.6 is 0 Å². The summed E-state index contributed by atoms with van der Waals surface area (Å²) in [6.45, 7) is 20.2. The van der Waals surface area contributed by atoms with Gasteiger partial charge in [-0.1, -0.05) is 79.6 Å². The summed E-state index contributed by atoms with van der Waals surface area (Å²) in [7, 11) is 0. The van der Waals surface area contributed by atoms with Gasteiger partial charge >= 0.3 is 0 Å². The monoisotopic (exact) mass is 430 g/mol. The number of phenolic OH excluding ortho intramolecular Hbond substituents is 1. The number of benzene rings is 1. The Morgan fingerprint density at radius 3 is 1.87 bits per heavy atom. The Kier molecular flexibility index (Phi) is 9.34. The summed E-state index contributed by atoms with van der Waals surface area (Å²) in [6, 6.07) is 0. The number of rotatable bonds is 12. The van der Waals surface area contributed by atoms with Crippen LogP contribution in [0.3, 0.4) is 0 Å². The van der Waals surface area contributed by atoms with Crippen LogP contribution in [-0.2, 0) is 0 Å². The standard InChI is InChI=1S/C29H50O2/c1-19(2)13-10-14-20(3)15-11-16-21(4)17-12-18-29(9)25(8)26-24(7)27(30)22(5)23(6)28(26)31-29/h19-21,25,30H,10-18H2,1-9H3/t20-,21-,25-,29+/m0/s1. The van der Waals surface area contributed by atoms with Crippen molar-refractivity contribution in [3.05, 3.63) is 22.3 Å². The summed E-state index contributed by atoms with van der Waals surface area (Å²) < 4.78 is 6.59. The Hall–Kier alpha value is -1.18. The van der Waals surface area contributed by atoms with E-state index in [0.29, 0.717) is 11.7 Å².